The number of phenolic OH excluding ortho intramolecular Hbond substituents is 1. The minimum atomic E-state index is 0.269. The third-order valence-corrected chi connectivity index (χ3v) is 4.27. The van der Waals surface area contributed by atoms with Crippen LogP contribution in [0.15, 0.2) is 18.2 Å². The number of para-hydroxylation sites is 1. The second-order valence-corrected chi connectivity index (χ2v) is 5.35. The van der Waals surface area contributed by atoms with Crippen molar-refractivity contribution >= 4 is 0 Å². The fourth-order valence-corrected chi connectivity index (χ4v) is 3.28. The fraction of sp³-hybridized carbons (Fsp3) is 0.600. The molecule has 2 atom stereocenters. The quantitative estimate of drug-likeness (QED) is 0.907. The van der Waals surface area contributed by atoms with Crippen LogP contribution >= 0.6 is 0 Å². The molecule has 3 rings (SSSR count). The van der Waals surface area contributed by atoms with E-state index in [0.29, 0.717) is 17.9 Å². The van der Waals surface area contributed by atoms with Gasteiger partial charge in [0.1, 0.15) is 0 Å². The van der Waals surface area contributed by atoms with Crippen LogP contribution in [0.5, 0.6) is 11.5 Å². The predicted octanol–water partition coefficient (Wildman–Crippen LogP) is 2.15. The summed E-state index contributed by atoms with van der Waals surface area (Å²) in [6, 6.07) is 6.20. The van der Waals surface area contributed by atoms with Gasteiger partial charge in [0.25, 0.3) is 0 Å². The molecule has 104 valence electrons. The highest BCUT2D eigenvalue weighted by Gasteiger charge is 2.36. The zero-order valence-corrected chi connectivity index (χ0v) is 11.3. The molecule has 4 heteroatoms. The number of nitrogens with zero attached hydrogens (tertiary/aromatic N) is 1. The first kappa shape index (κ1) is 12.8. The number of ether oxygens (including phenoxy) is 2. The van der Waals surface area contributed by atoms with Gasteiger partial charge >= 0.3 is 0 Å². The van der Waals surface area contributed by atoms with Gasteiger partial charge in [-0.2, -0.15) is 0 Å². The van der Waals surface area contributed by atoms with E-state index in [1.165, 1.54) is 19.3 Å². The number of hydrogen-bond donors (Lipinski definition) is 1. The van der Waals surface area contributed by atoms with E-state index in [0.717, 1.165) is 25.3 Å². The lowest BCUT2D eigenvalue weighted by Gasteiger charge is -2.37. The average Bonchev–Trinajstić information content (AvgIpc) is 2.90. The van der Waals surface area contributed by atoms with Gasteiger partial charge < -0.3 is 14.6 Å². The van der Waals surface area contributed by atoms with Crippen molar-refractivity contribution in [1.82, 2.24) is 4.90 Å². The summed E-state index contributed by atoms with van der Waals surface area (Å²) in [4.78, 5) is 2.44. The highest BCUT2D eigenvalue weighted by molar-refractivity contribution is 5.45. The molecule has 0 spiro atoms. The van der Waals surface area contributed by atoms with E-state index < -0.39 is 0 Å². The largest absolute Gasteiger partial charge is 0.504 e. The van der Waals surface area contributed by atoms with Crippen LogP contribution in [0.3, 0.4) is 0 Å². The summed E-state index contributed by atoms with van der Waals surface area (Å²) >= 11 is 0. The van der Waals surface area contributed by atoms with Gasteiger partial charge in [0.15, 0.2) is 11.5 Å². The maximum atomic E-state index is 10.2. The highest BCUT2D eigenvalue weighted by Crippen LogP contribution is 2.34. The molecule has 0 radical (unpaired) electrons. The molecule has 1 saturated carbocycles. The number of morpholine rings is 1. The van der Waals surface area contributed by atoms with Crippen molar-refractivity contribution < 1.29 is 14.6 Å². The molecule has 0 bridgehead atoms. The van der Waals surface area contributed by atoms with Crippen LogP contribution in [0.25, 0.3) is 0 Å². The Hall–Kier alpha value is -1.26. The smallest absolute Gasteiger partial charge is 0.162 e. The number of benzene rings is 1. The Labute approximate surface area is 113 Å². The van der Waals surface area contributed by atoms with Crippen molar-refractivity contribution in [3.05, 3.63) is 23.8 Å². The van der Waals surface area contributed by atoms with Crippen LogP contribution in [0, 0.1) is 0 Å². The molecule has 1 heterocycles. The SMILES string of the molecule is COc1cccc(CN2CCOC3CCCC32)c1O. The number of hydrogen-bond acceptors (Lipinski definition) is 4. The summed E-state index contributed by atoms with van der Waals surface area (Å²) in [5, 5.41) is 10.2. The molecular formula is C15H21NO3. The maximum absolute atomic E-state index is 10.2. The zero-order chi connectivity index (χ0) is 13.2. The van der Waals surface area contributed by atoms with Crippen molar-refractivity contribution in [2.75, 3.05) is 20.3 Å². The van der Waals surface area contributed by atoms with Crippen LogP contribution in [-0.2, 0) is 11.3 Å². The zero-order valence-electron chi connectivity index (χ0n) is 11.3. The Kier molecular flexibility index (Phi) is 3.62. The monoisotopic (exact) mass is 263 g/mol. The van der Waals surface area contributed by atoms with Crippen LogP contribution in [0.4, 0.5) is 0 Å². The molecule has 1 aromatic carbocycles. The van der Waals surface area contributed by atoms with E-state index in [4.69, 9.17) is 9.47 Å². The molecule has 1 aliphatic heterocycles. The van der Waals surface area contributed by atoms with Gasteiger partial charge in [0.2, 0.25) is 0 Å². The van der Waals surface area contributed by atoms with Gasteiger partial charge in [0.05, 0.1) is 19.8 Å². The van der Waals surface area contributed by atoms with E-state index in [-0.39, 0.29) is 5.75 Å². The molecule has 19 heavy (non-hydrogen) atoms. The minimum absolute atomic E-state index is 0.269. The summed E-state index contributed by atoms with van der Waals surface area (Å²) < 4.78 is 11.0. The van der Waals surface area contributed by atoms with Crippen LogP contribution in [-0.4, -0.2) is 42.4 Å². The van der Waals surface area contributed by atoms with Crippen LogP contribution < -0.4 is 4.74 Å². The molecule has 2 fully saturated rings. The highest BCUT2D eigenvalue weighted by atomic mass is 16.5. The molecule has 1 aromatic rings. The van der Waals surface area contributed by atoms with Crippen molar-refractivity contribution in [1.29, 1.82) is 0 Å². The number of methoxy groups -OCH3 is 1. The van der Waals surface area contributed by atoms with Gasteiger partial charge in [-0.1, -0.05) is 12.1 Å². The van der Waals surface area contributed by atoms with Gasteiger partial charge in [-0.3, -0.25) is 4.90 Å². The Morgan fingerprint density at radius 3 is 3.16 bits per heavy atom. The molecule has 0 amide bonds. The summed E-state index contributed by atoms with van der Waals surface area (Å²) in [6.45, 7) is 2.51. The van der Waals surface area contributed by atoms with E-state index in [9.17, 15) is 5.11 Å². The number of rotatable bonds is 3. The normalized spacial score (nSPS) is 27.2. The summed E-state index contributed by atoms with van der Waals surface area (Å²) in [5.41, 5.74) is 0.937. The van der Waals surface area contributed by atoms with E-state index >= 15 is 0 Å². The number of phenols is 1. The molecule has 1 saturated heterocycles. The molecule has 2 aliphatic rings. The van der Waals surface area contributed by atoms with Crippen LogP contribution in [0.1, 0.15) is 24.8 Å². The van der Waals surface area contributed by atoms with Gasteiger partial charge in [-0.05, 0) is 25.3 Å². The Balaban J connectivity index is 1.77. The van der Waals surface area contributed by atoms with Crippen molar-refractivity contribution in [2.24, 2.45) is 0 Å². The van der Waals surface area contributed by atoms with E-state index in [1.807, 2.05) is 12.1 Å². The lowest BCUT2D eigenvalue weighted by molar-refractivity contribution is -0.0590. The topological polar surface area (TPSA) is 41.9 Å². The lowest BCUT2D eigenvalue weighted by atomic mass is 10.1. The number of fused-ring (bicyclic) bond motifs is 1. The Bertz CT molecular complexity index is 449. The van der Waals surface area contributed by atoms with Gasteiger partial charge in [-0.25, -0.2) is 0 Å². The van der Waals surface area contributed by atoms with Gasteiger partial charge in [0, 0.05) is 24.7 Å². The van der Waals surface area contributed by atoms with Crippen molar-refractivity contribution in [3.63, 3.8) is 0 Å². The summed E-state index contributed by atoms with van der Waals surface area (Å²) in [5.74, 6) is 0.819. The molecule has 1 aliphatic carbocycles. The molecule has 4 nitrogen and oxygen atoms in total. The Morgan fingerprint density at radius 1 is 1.42 bits per heavy atom. The van der Waals surface area contributed by atoms with E-state index in [2.05, 4.69) is 4.90 Å². The third kappa shape index (κ3) is 2.42. The van der Waals surface area contributed by atoms with Crippen molar-refractivity contribution in [3.8, 4) is 11.5 Å². The predicted molar refractivity (Wildman–Crippen MR) is 72.4 cm³/mol. The molecule has 2 unspecified atom stereocenters. The Morgan fingerprint density at radius 2 is 2.32 bits per heavy atom. The second-order valence-electron chi connectivity index (χ2n) is 5.35. The molecule has 1 N–H and O–H groups in total. The first-order valence-electron chi connectivity index (χ1n) is 7.00. The molecule has 0 aromatic heterocycles. The second kappa shape index (κ2) is 5.39. The van der Waals surface area contributed by atoms with E-state index in [1.54, 1.807) is 13.2 Å². The maximum Gasteiger partial charge on any atom is 0.162 e. The minimum Gasteiger partial charge on any atom is -0.504 e. The van der Waals surface area contributed by atoms with Gasteiger partial charge in [-0.15, -0.1) is 0 Å². The first-order chi connectivity index (χ1) is 9.29. The standard InChI is InChI=1S/C15H21NO3/c1-18-14-7-2-4-11(15(14)17)10-16-8-9-19-13-6-3-5-12(13)16/h2,4,7,12-13,17H,3,5-6,8-10H2,1H3. The third-order valence-electron chi connectivity index (χ3n) is 4.27. The summed E-state index contributed by atoms with van der Waals surface area (Å²) in [6.07, 6.45) is 4.01. The summed E-state index contributed by atoms with van der Waals surface area (Å²) in [7, 11) is 1.58. The molecular weight excluding hydrogens is 242 g/mol. The lowest BCUT2D eigenvalue weighted by Crippen LogP contribution is -2.47. The first-order valence-corrected chi connectivity index (χ1v) is 7.00. The van der Waals surface area contributed by atoms with Crippen molar-refractivity contribution in [2.45, 2.75) is 38.0 Å². The number of aromatic hydroxyl groups is 1. The fourth-order valence-electron chi connectivity index (χ4n) is 3.28. The average molecular weight is 263 g/mol. The van der Waals surface area contributed by atoms with Crippen LogP contribution in [0.2, 0.25) is 0 Å².